The Morgan fingerprint density at radius 2 is 1.96 bits per heavy atom. The van der Waals surface area contributed by atoms with Gasteiger partial charge in [0.15, 0.2) is 0 Å². The van der Waals surface area contributed by atoms with Gasteiger partial charge >= 0.3 is 6.09 Å². The maximum Gasteiger partial charge on any atom is 0.413 e. The number of benzene rings is 2. The SMILES string of the molecule is COC(=O)Nc1nc2ccc(S(=O)c3cccc(OC)c3)cc2[nH]1. The van der Waals surface area contributed by atoms with Crippen LogP contribution in [0.1, 0.15) is 0 Å². The van der Waals surface area contributed by atoms with Crippen molar-refractivity contribution in [1.82, 2.24) is 9.97 Å². The molecule has 24 heavy (non-hydrogen) atoms. The van der Waals surface area contributed by atoms with Crippen molar-refractivity contribution in [2.75, 3.05) is 19.5 Å². The van der Waals surface area contributed by atoms with Crippen molar-refractivity contribution in [3.8, 4) is 5.75 Å². The van der Waals surface area contributed by atoms with Gasteiger partial charge in [-0.1, -0.05) is 6.07 Å². The van der Waals surface area contributed by atoms with Gasteiger partial charge in [0.05, 0.1) is 36.1 Å². The highest BCUT2D eigenvalue weighted by atomic mass is 32.2. The smallest absolute Gasteiger partial charge is 0.413 e. The van der Waals surface area contributed by atoms with Crippen LogP contribution in [0.2, 0.25) is 0 Å². The van der Waals surface area contributed by atoms with E-state index < -0.39 is 16.9 Å². The van der Waals surface area contributed by atoms with E-state index in [1.807, 2.05) is 0 Å². The molecule has 1 heterocycles. The lowest BCUT2D eigenvalue weighted by molar-refractivity contribution is 0.186. The first-order valence-electron chi connectivity index (χ1n) is 7.01. The molecular formula is C16H15N3O4S. The number of carbonyl (C=O) groups is 1. The molecule has 1 amide bonds. The van der Waals surface area contributed by atoms with Crippen molar-refractivity contribution in [3.63, 3.8) is 0 Å². The molecule has 0 radical (unpaired) electrons. The maximum atomic E-state index is 12.7. The Hall–Kier alpha value is -2.87. The van der Waals surface area contributed by atoms with Crippen molar-refractivity contribution in [2.45, 2.75) is 9.79 Å². The van der Waals surface area contributed by atoms with E-state index >= 15 is 0 Å². The van der Waals surface area contributed by atoms with Crippen LogP contribution < -0.4 is 10.1 Å². The average Bonchev–Trinajstić information content (AvgIpc) is 3.02. The van der Waals surface area contributed by atoms with Gasteiger partial charge in [-0.3, -0.25) is 5.32 Å². The van der Waals surface area contributed by atoms with Crippen LogP contribution in [-0.4, -0.2) is 34.5 Å². The van der Waals surface area contributed by atoms with Crippen molar-refractivity contribution >= 4 is 33.9 Å². The first kappa shape index (κ1) is 16.0. The van der Waals surface area contributed by atoms with Crippen LogP contribution in [0.4, 0.5) is 10.7 Å². The lowest BCUT2D eigenvalue weighted by Crippen LogP contribution is -2.11. The number of amides is 1. The topological polar surface area (TPSA) is 93.3 Å². The number of aromatic amines is 1. The first-order valence-corrected chi connectivity index (χ1v) is 8.16. The molecule has 0 fully saturated rings. The fourth-order valence-electron chi connectivity index (χ4n) is 2.16. The molecule has 2 N–H and O–H groups in total. The molecule has 7 nitrogen and oxygen atoms in total. The van der Waals surface area contributed by atoms with E-state index in [4.69, 9.17) is 4.74 Å². The minimum atomic E-state index is -1.36. The summed E-state index contributed by atoms with van der Waals surface area (Å²) >= 11 is 0. The molecule has 124 valence electrons. The zero-order chi connectivity index (χ0) is 17.1. The van der Waals surface area contributed by atoms with Crippen molar-refractivity contribution in [3.05, 3.63) is 42.5 Å². The number of ether oxygens (including phenoxy) is 2. The van der Waals surface area contributed by atoms with Gasteiger partial charge in [-0.25, -0.2) is 14.0 Å². The van der Waals surface area contributed by atoms with Crippen LogP contribution in [0.15, 0.2) is 52.3 Å². The molecule has 0 aliphatic rings. The summed E-state index contributed by atoms with van der Waals surface area (Å²) in [6, 6.07) is 12.3. The number of imidazole rings is 1. The number of carbonyl (C=O) groups excluding carboxylic acids is 1. The predicted octanol–water partition coefficient (Wildman–Crippen LogP) is 2.92. The number of methoxy groups -OCH3 is 2. The van der Waals surface area contributed by atoms with E-state index in [0.717, 1.165) is 0 Å². The molecule has 2 aromatic carbocycles. The molecule has 0 saturated heterocycles. The zero-order valence-corrected chi connectivity index (χ0v) is 13.8. The van der Waals surface area contributed by atoms with Crippen LogP contribution >= 0.6 is 0 Å². The van der Waals surface area contributed by atoms with Gasteiger partial charge in [-0.05, 0) is 36.4 Å². The predicted molar refractivity (Wildman–Crippen MR) is 89.8 cm³/mol. The Morgan fingerprint density at radius 1 is 1.17 bits per heavy atom. The second kappa shape index (κ2) is 6.71. The molecule has 3 rings (SSSR count). The van der Waals surface area contributed by atoms with Crippen LogP contribution in [0.3, 0.4) is 0 Å². The van der Waals surface area contributed by atoms with Gasteiger partial charge in [0.25, 0.3) is 0 Å². The first-order chi connectivity index (χ1) is 11.6. The quantitative estimate of drug-likeness (QED) is 0.758. The third-order valence-corrected chi connectivity index (χ3v) is 4.69. The van der Waals surface area contributed by atoms with Crippen LogP contribution in [0.5, 0.6) is 5.75 Å². The molecule has 0 saturated carbocycles. The van der Waals surface area contributed by atoms with Gasteiger partial charge in [0.2, 0.25) is 5.95 Å². The number of nitrogens with zero attached hydrogens (tertiary/aromatic N) is 1. The zero-order valence-electron chi connectivity index (χ0n) is 13.0. The average molecular weight is 345 g/mol. The Bertz CT molecular complexity index is 923. The summed E-state index contributed by atoms with van der Waals surface area (Å²) in [6.45, 7) is 0. The van der Waals surface area contributed by atoms with Crippen LogP contribution in [0.25, 0.3) is 11.0 Å². The van der Waals surface area contributed by atoms with Crippen molar-refractivity contribution < 1.29 is 18.5 Å². The Balaban J connectivity index is 1.92. The molecule has 3 aromatic rings. The van der Waals surface area contributed by atoms with Crippen LogP contribution in [-0.2, 0) is 15.5 Å². The van der Waals surface area contributed by atoms with E-state index in [1.165, 1.54) is 7.11 Å². The van der Waals surface area contributed by atoms with E-state index in [2.05, 4.69) is 20.0 Å². The third kappa shape index (κ3) is 3.23. The van der Waals surface area contributed by atoms with Gasteiger partial charge < -0.3 is 14.5 Å². The van der Waals surface area contributed by atoms with Crippen molar-refractivity contribution in [1.29, 1.82) is 0 Å². The number of hydrogen-bond acceptors (Lipinski definition) is 5. The lowest BCUT2D eigenvalue weighted by Gasteiger charge is -2.05. The van der Waals surface area contributed by atoms with Crippen LogP contribution in [0, 0.1) is 0 Å². The highest BCUT2D eigenvalue weighted by Crippen LogP contribution is 2.24. The second-order valence-corrected chi connectivity index (χ2v) is 6.31. The minimum absolute atomic E-state index is 0.265. The number of H-pyrrole nitrogens is 1. The van der Waals surface area contributed by atoms with Gasteiger partial charge in [0, 0.05) is 9.79 Å². The summed E-state index contributed by atoms with van der Waals surface area (Å²) in [6.07, 6.45) is -0.616. The second-order valence-electron chi connectivity index (χ2n) is 4.83. The van der Waals surface area contributed by atoms with Gasteiger partial charge in [-0.15, -0.1) is 0 Å². The number of fused-ring (bicyclic) bond motifs is 1. The normalized spacial score (nSPS) is 11.9. The molecule has 0 bridgehead atoms. The summed E-state index contributed by atoms with van der Waals surface area (Å²) < 4.78 is 22.4. The highest BCUT2D eigenvalue weighted by Gasteiger charge is 2.12. The molecule has 1 unspecified atom stereocenters. The number of anilines is 1. The molecule has 1 aromatic heterocycles. The van der Waals surface area contributed by atoms with Gasteiger partial charge in [0.1, 0.15) is 5.75 Å². The van der Waals surface area contributed by atoms with Gasteiger partial charge in [-0.2, -0.15) is 0 Å². The number of rotatable bonds is 4. The third-order valence-electron chi connectivity index (χ3n) is 3.33. The standard InChI is InChI=1S/C16H15N3O4S/c1-22-10-4-3-5-11(8-10)24(21)12-6-7-13-14(9-12)18-15(17-13)19-16(20)23-2/h3-9H,1-2H3,(H2,17,18,19,20). The molecule has 0 spiro atoms. The highest BCUT2D eigenvalue weighted by molar-refractivity contribution is 7.85. The van der Waals surface area contributed by atoms with E-state index in [9.17, 15) is 9.00 Å². The fourth-order valence-corrected chi connectivity index (χ4v) is 3.28. The number of aromatic nitrogens is 2. The molecule has 1 atom stereocenters. The summed E-state index contributed by atoms with van der Waals surface area (Å²) in [5.41, 5.74) is 1.31. The number of hydrogen-bond donors (Lipinski definition) is 2. The molecule has 8 heteroatoms. The largest absolute Gasteiger partial charge is 0.497 e. The Morgan fingerprint density at radius 3 is 2.71 bits per heavy atom. The lowest BCUT2D eigenvalue weighted by atomic mass is 10.3. The summed E-state index contributed by atoms with van der Waals surface area (Å²) in [7, 11) is 1.48. The number of nitrogens with one attached hydrogen (secondary N) is 2. The monoisotopic (exact) mass is 345 g/mol. The van der Waals surface area contributed by atoms with E-state index in [0.29, 0.717) is 26.6 Å². The maximum absolute atomic E-state index is 12.7. The van der Waals surface area contributed by atoms with E-state index in [-0.39, 0.29) is 5.95 Å². The summed E-state index contributed by atoms with van der Waals surface area (Å²) in [5.74, 6) is 0.911. The molecular weight excluding hydrogens is 330 g/mol. The van der Waals surface area contributed by atoms with Crippen molar-refractivity contribution in [2.24, 2.45) is 0 Å². The molecule has 0 aliphatic carbocycles. The Labute approximate surface area is 140 Å². The minimum Gasteiger partial charge on any atom is -0.497 e. The fraction of sp³-hybridized carbons (Fsp3) is 0.125. The molecule has 0 aliphatic heterocycles. The summed E-state index contributed by atoms with van der Waals surface area (Å²) in [4.78, 5) is 19.6. The Kier molecular flexibility index (Phi) is 4.48. The van der Waals surface area contributed by atoms with E-state index in [1.54, 1.807) is 49.6 Å². The summed E-state index contributed by atoms with van der Waals surface area (Å²) in [5, 5.41) is 2.46.